The van der Waals surface area contributed by atoms with Gasteiger partial charge in [0.15, 0.2) is 11.0 Å². The lowest BCUT2D eigenvalue weighted by Crippen LogP contribution is -2.33. The summed E-state index contributed by atoms with van der Waals surface area (Å²) in [5.41, 5.74) is 0.764. The van der Waals surface area contributed by atoms with Crippen LogP contribution in [0.4, 0.5) is 4.39 Å². The summed E-state index contributed by atoms with van der Waals surface area (Å²) in [5, 5.41) is 11.0. The largest absolute Gasteiger partial charge is 0.340 e. The fourth-order valence-electron chi connectivity index (χ4n) is 2.75. The summed E-state index contributed by atoms with van der Waals surface area (Å²) in [6, 6.07) is 10.3. The second-order valence-corrected chi connectivity index (χ2v) is 8.37. The normalized spacial score (nSPS) is 12.1. The van der Waals surface area contributed by atoms with E-state index in [1.807, 2.05) is 42.0 Å². The molecule has 2 aromatic heterocycles. The Kier molecular flexibility index (Phi) is 6.28. The van der Waals surface area contributed by atoms with Gasteiger partial charge in [0.2, 0.25) is 5.91 Å². The number of aromatic nitrogens is 3. The molecule has 0 fully saturated rings. The van der Waals surface area contributed by atoms with Crippen LogP contribution in [0, 0.1) is 5.82 Å². The van der Waals surface area contributed by atoms with E-state index in [1.54, 1.807) is 29.4 Å². The summed E-state index contributed by atoms with van der Waals surface area (Å²) >= 11 is 3.00. The quantitative estimate of drug-likeness (QED) is 0.551. The van der Waals surface area contributed by atoms with Gasteiger partial charge in [-0.3, -0.25) is 4.79 Å². The van der Waals surface area contributed by atoms with E-state index in [2.05, 4.69) is 10.2 Å². The summed E-state index contributed by atoms with van der Waals surface area (Å²) in [6.07, 6.45) is 0. The van der Waals surface area contributed by atoms with Crippen molar-refractivity contribution in [2.75, 3.05) is 7.05 Å². The fourth-order valence-corrected chi connectivity index (χ4v) is 4.50. The third kappa shape index (κ3) is 4.56. The number of rotatable bonds is 7. The Bertz CT molecular complexity index is 910. The van der Waals surface area contributed by atoms with E-state index >= 15 is 0 Å². The smallest absolute Gasteiger partial charge is 0.235 e. The third-order valence-corrected chi connectivity index (χ3v) is 6.02. The molecule has 1 atom stereocenters. The SMILES string of the molecule is CCn1c(S[C@H](C)C(=O)N(C)Cc2cccc(F)c2)nnc1-c1cccs1. The predicted molar refractivity (Wildman–Crippen MR) is 107 cm³/mol. The summed E-state index contributed by atoms with van der Waals surface area (Å²) < 4.78 is 15.4. The molecular formula is C19H21FN4OS2. The monoisotopic (exact) mass is 404 g/mol. The average Bonchev–Trinajstić information content (AvgIpc) is 3.30. The van der Waals surface area contributed by atoms with Crippen molar-refractivity contribution in [1.82, 2.24) is 19.7 Å². The first-order valence-electron chi connectivity index (χ1n) is 8.62. The second-order valence-electron chi connectivity index (χ2n) is 6.11. The van der Waals surface area contributed by atoms with Gasteiger partial charge < -0.3 is 9.47 Å². The van der Waals surface area contributed by atoms with E-state index in [0.29, 0.717) is 6.54 Å². The lowest BCUT2D eigenvalue weighted by Gasteiger charge is -2.21. The highest BCUT2D eigenvalue weighted by molar-refractivity contribution is 8.00. The van der Waals surface area contributed by atoms with Crippen molar-refractivity contribution in [1.29, 1.82) is 0 Å². The lowest BCUT2D eigenvalue weighted by atomic mass is 10.2. The summed E-state index contributed by atoms with van der Waals surface area (Å²) in [7, 11) is 1.73. The highest BCUT2D eigenvalue weighted by atomic mass is 32.2. The van der Waals surface area contributed by atoms with Crippen LogP contribution >= 0.6 is 23.1 Å². The van der Waals surface area contributed by atoms with Crippen LogP contribution in [0.3, 0.4) is 0 Å². The number of benzene rings is 1. The Morgan fingerprint density at radius 2 is 2.15 bits per heavy atom. The van der Waals surface area contributed by atoms with Crippen molar-refractivity contribution in [2.24, 2.45) is 0 Å². The molecule has 0 radical (unpaired) electrons. The average molecular weight is 405 g/mol. The minimum absolute atomic E-state index is 0.0346. The van der Waals surface area contributed by atoms with E-state index < -0.39 is 0 Å². The van der Waals surface area contributed by atoms with Gasteiger partial charge in [-0.2, -0.15) is 0 Å². The van der Waals surface area contributed by atoms with Crippen molar-refractivity contribution < 1.29 is 9.18 Å². The van der Waals surface area contributed by atoms with E-state index in [9.17, 15) is 9.18 Å². The maximum Gasteiger partial charge on any atom is 0.235 e. The summed E-state index contributed by atoms with van der Waals surface area (Å²) in [4.78, 5) is 15.4. The van der Waals surface area contributed by atoms with Gasteiger partial charge in [-0.15, -0.1) is 21.5 Å². The van der Waals surface area contributed by atoms with Crippen molar-refractivity contribution in [3.8, 4) is 10.7 Å². The topological polar surface area (TPSA) is 51.0 Å². The number of carbonyl (C=O) groups is 1. The molecule has 142 valence electrons. The van der Waals surface area contributed by atoms with Gasteiger partial charge in [0.05, 0.1) is 10.1 Å². The number of amides is 1. The van der Waals surface area contributed by atoms with E-state index in [4.69, 9.17) is 0 Å². The molecule has 3 aromatic rings. The van der Waals surface area contributed by atoms with Gasteiger partial charge in [0, 0.05) is 20.1 Å². The van der Waals surface area contributed by atoms with Crippen molar-refractivity contribution in [3.05, 3.63) is 53.2 Å². The van der Waals surface area contributed by atoms with Crippen molar-refractivity contribution in [2.45, 2.75) is 37.3 Å². The van der Waals surface area contributed by atoms with Crippen LogP contribution in [-0.4, -0.2) is 37.9 Å². The predicted octanol–water partition coefficient (Wildman–Crippen LogP) is 4.30. The first-order chi connectivity index (χ1) is 13.0. The number of hydrogen-bond acceptors (Lipinski definition) is 5. The molecule has 0 spiro atoms. The molecule has 0 saturated carbocycles. The first kappa shape index (κ1) is 19.6. The first-order valence-corrected chi connectivity index (χ1v) is 10.4. The minimum Gasteiger partial charge on any atom is -0.340 e. The second kappa shape index (κ2) is 8.67. The van der Waals surface area contributed by atoms with Crippen LogP contribution in [0.25, 0.3) is 10.7 Å². The standard InChI is InChI=1S/C19H21FN4OS2/c1-4-24-17(16-9-6-10-26-16)21-22-19(24)27-13(2)18(25)23(3)12-14-7-5-8-15(20)11-14/h5-11,13H,4,12H2,1-3H3/t13-/m1/s1. The molecule has 1 amide bonds. The van der Waals surface area contributed by atoms with E-state index in [1.165, 1.54) is 23.9 Å². The number of thiophene rings is 1. The maximum atomic E-state index is 13.3. The zero-order valence-electron chi connectivity index (χ0n) is 15.4. The summed E-state index contributed by atoms with van der Waals surface area (Å²) in [6.45, 7) is 4.98. The number of thioether (sulfide) groups is 1. The van der Waals surface area contributed by atoms with Crippen LogP contribution in [0.1, 0.15) is 19.4 Å². The van der Waals surface area contributed by atoms with Crippen molar-refractivity contribution >= 4 is 29.0 Å². The van der Waals surface area contributed by atoms with Gasteiger partial charge in [0.1, 0.15) is 5.82 Å². The highest BCUT2D eigenvalue weighted by Crippen LogP contribution is 2.29. The Morgan fingerprint density at radius 1 is 1.33 bits per heavy atom. The Hall–Kier alpha value is -2.19. The Morgan fingerprint density at radius 3 is 2.81 bits per heavy atom. The van der Waals surface area contributed by atoms with Gasteiger partial charge in [0.25, 0.3) is 0 Å². The molecule has 2 heterocycles. The molecule has 0 unspecified atom stereocenters. The van der Waals surface area contributed by atoms with Crippen LogP contribution in [0.2, 0.25) is 0 Å². The minimum atomic E-state index is -0.325. The molecule has 1 aromatic carbocycles. The number of nitrogens with zero attached hydrogens (tertiary/aromatic N) is 4. The molecule has 8 heteroatoms. The maximum absolute atomic E-state index is 13.3. The van der Waals surface area contributed by atoms with Crippen molar-refractivity contribution in [3.63, 3.8) is 0 Å². The highest BCUT2D eigenvalue weighted by Gasteiger charge is 2.23. The van der Waals surface area contributed by atoms with E-state index in [-0.39, 0.29) is 17.0 Å². The number of hydrogen-bond donors (Lipinski definition) is 0. The lowest BCUT2D eigenvalue weighted by molar-refractivity contribution is -0.129. The fraction of sp³-hybridized carbons (Fsp3) is 0.316. The van der Waals surface area contributed by atoms with Gasteiger partial charge in [-0.25, -0.2) is 4.39 Å². The molecule has 0 bridgehead atoms. The Labute approximate surface area is 166 Å². The molecule has 27 heavy (non-hydrogen) atoms. The van der Waals surface area contributed by atoms with Gasteiger partial charge in [-0.1, -0.05) is 30.0 Å². The van der Waals surface area contributed by atoms with Gasteiger partial charge in [-0.05, 0) is 43.0 Å². The summed E-state index contributed by atoms with van der Waals surface area (Å²) in [5.74, 6) is 0.489. The zero-order valence-corrected chi connectivity index (χ0v) is 17.1. The van der Waals surface area contributed by atoms with Crippen LogP contribution in [0.15, 0.2) is 46.9 Å². The van der Waals surface area contributed by atoms with Gasteiger partial charge >= 0.3 is 0 Å². The number of carbonyl (C=O) groups excluding carboxylic acids is 1. The van der Waals surface area contributed by atoms with E-state index in [0.717, 1.165) is 28.0 Å². The molecule has 0 aliphatic heterocycles. The molecule has 5 nitrogen and oxygen atoms in total. The zero-order chi connectivity index (χ0) is 19.4. The third-order valence-electron chi connectivity index (χ3n) is 4.09. The molecule has 0 saturated heterocycles. The molecule has 3 rings (SSSR count). The van der Waals surface area contributed by atoms with Crippen LogP contribution in [-0.2, 0) is 17.9 Å². The molecule has 0 aliphatic carbocycles. The van der Waals surface area contributed by atoms with Crippen LogP contribution < -0.4 is 0 Å². The number of halogens is 1. The van der Waals surface area contributed by atoms with Crippen LogP contribution in [0.5, 0.6) is 0 Å². The molecular weight excluding hydrogens is 383 g/mol. The molecule has 0 N–H and O–H groups in total. The molecule has 0 aliphatic rings. The Balaban J connectivity index is 1.69.